The van der Waals surface area contributed by atoms with Crippen molar-refractivity contribution in [2.24, 2.45) is 0 Å². The van der Waals surface area contributed by atoms with Crippen molar-refractivity contribution in [3.8, 4) is 0 Å². The number of unbranched alkanes of at least 4 members (excludes halogenated alkanes) is 1. The first-order chi connectivity index (χ1) is 10.2. The Morgan fingerprint density at radius 3 is 2.81 bits per heavy atom. The largest absolute Gasteiger partial charge is 0.314 e. The Bertz CT molecular complexity index is 582. The van der Waals surface area contributed by atoms with E-state index in [1.807, 2.05) is 24.3 Å². The molecule has 1 heterocycles. The molecule has 0 saturated heterocycles. The van der Waals surface area contributed by atoms with Gasteiger partial charge in [0.15, 0.2) is 0 Å². The molecule has 1 fully saturated rings. The summed E-state index contributed by atoms with van der Waals surface area (Å²) < 4.78 is 26.8. The number of aryl methyl sites for hydroxylation is 1. The Hall–Kier alpha value is -1.07. The van der Waals surface area contributed by atoms with E-state index in [2.05, 4.69) is 5.32 Å². The first-order valence-corrected chi connectivity index (χ1v) is 9.59. The number of hydrogen-bond acceptors (Lipinski definition) is 3. The predicted molar refractivity (Wildman–Crippen MR) is 86.2 cm³/mol. The molecule has 3 rings (SSSR count). The van der Waals surface area contributed by atoms with E-state index in [0.29, 0.717) is 12.6 Å². The van der Waals surface area contributed by atoms with Gasteiger partial charge in [0.2, 0.25) is 10.0 Å². The van der Waals surface area contributed by atoms with Crippen molar-refractivity contribution in [2.75, 3.05) is 23.1 Å². The third-order valence-electron chi connectivity index (χ3n) is 4.24. The van der Waals surface area contributed by atoms with Gasteiger partial charge in [0.25, 0.3) is 0 Å². The Morgan fingerprint density at radius 1 is 1.19 bits per heavy atom. The topological polar surface area (TPSA) is 49.4 Å². The summed E-state index contributed by atoms with van der Waals surface area (Å²) in [5.41, 5.74) is 2.04. The van der Waals surface area contributed by atoms with Gasteiger partial charge in [-0.3, -0.25) is 4.31 Å². The molecule has 1 aromatic rings. The molecule has 1 N–H and O–H groups in total. The van der Waals surface area contributed by atoms with Crippen LogP contribution in [0.5, 0.6) is 0 Å². The first kappa shape index (κ1) is 14.9. The summed E-state index contributed by atoms with van der Waals surface area (Å²) in [7, 11) is -3.18. The van der Waals surface area contributed by atoms with Crippen LogP contribution in [0.15, 0.2) is 24.3 Å². The molecule has 0 bridgehead atoms. The number of para-hydroxylation sites is 1. The fourth-order valence-electron chi connectivity index (χ4n) is 2.90. The van der Waals surface area contributed by atoms with Gasteiger partial charge in [0.05, 0.1) is 11.4 Å². The molecule has 5 heteroatoms. The molecular formula is C16H24N2O2S. The van der Waals surface area contributed by atoms with Gasteiger partial charge in [0, 0.05) is 12.6 Å². The van der Waals surface area contributed by atoms with Crippen LogP contribution in [-0.2, 0) is 16.4 Å². The molecule has 0 radical (unpaired) electrons. The SMILES string of the molecule is O=S(=O)(CCCCNC1CC1)N1CCCc2ccccc21. The zero-order valence-corrected chi connectivity index (χ0v) is 13.2. The van der Waals surface area contributed by atoms with Crippen molar-refractivity contribution in [2.45, 2.75) is 44.6 Å². The molecule has 1 saturated carbocycles. The number of benzene rings is 1. The minimum Gasteiger partial charge on any atom is -0.314 e. The van der Waals surface area contributed by atoms with Gasteiger partial charge in [-0.2, -0.15) is 0 Å². The van der Waals surface area contributed by atoms with Crippen molar-refractivity contribution < 1.29 is 8.42 Å². The molecule has 1 aromatic carbocycles. The molecule has 0 spiro atoms. The van der Waals surface area contributed by atoms with Gasteiger partial charge in [-0.1, -0.05) is 18.2 Å². The highest BCUT2D eigenvalue weighted by atomic mass is 32.2. The van der Waals surface area contributed by atoms with Crippen molar-refractivity contribution in [3.63, 3.8) is 0 Å². The number of nitrogens with zero attached hydrogens (tertiary/aromatic N) is 1. The molecule has 2 aliphatic rings. The second kappa shape index (κ2) is 6.36. The summed E-state index contributed by atoms with van der Waals surface area (Å²) in [6.07, 6.45) is 6.13. The van der Waals surface area contributed by atoms with Crippen LogP contribution in [0.2, 0.25) is 0 Å². The smallest absolute Gasteiger partial charge is 0.235 e. The van der Waals surface area contributed by atoms with Gasteiger partial charge < -0.3 is 5.32 Å². The van der Waals surface area contributed by atoms with Gasteiger partial charge in [0.1, 0.15) is 0 Å². The average Bonchev–Trinajstić information content (AvgIpc) is 3.30. The van der Waals surface area contributed by atoms with Crippen molar-refractivity contribution in [3.05, 3.63) is 29.8 Å². The molecule has 0 unspecified atom stereocenters. The lowest BCUT2D eigenvalue weighted by Crippen LogP contribution is -2.37. The van der Waals surface area contributed by atoms with E-state index in [1.54, 1.807) is 4.31 Å². The molecule has 4 nitrogen and oxygen atoms in total. The van der Waals surface area contributed by atoms with Crippen molar-refractivity contribution >= 4 is 15.7 Å². The molecule has 1 aliphatic heterocycles. The summed E-state index contributed by atoms with van der Waals surface area (Å²) in [5.74, 6) is 0.258. The van der Waals surface area contributed by atoms with Crippen LogP contribution in [0.25, 0.3) is 0 Å². The van der Waals surface area contributed by atoms with E-state index in [4.69, 9.17) is 0 Å². The standard InChI is InChI=1S/C16H24N2O2S/c19-21(20,13-4-3-11-17-15-9-10-15)18-12-5-7-14-6-1-2-8-16(14)18/h1-2,6,8,15,17H,3-5,7,9-13H2. The van der Waals surface area contributed by atoms with Crippen LogP contribution in [-0.4, -0.2) is 33.3 Å². The Labute approximate surface area is 127 Å². The van der Waals surface area contributed by atoms with Gasteiger partial charge >= 0.3 is 0 Å². The summed E-state index contributed by atoms with van der Waals surface area (Å²) in [6.45, 7) is 1.57. The van der Waals surface area contributed by atoms with Crippen LogP contribution < -0.4 is 9.62 Å². The van der Waals surface area contributed by atoms with Crippen molar-refractivity contribution in [1.82, 2.24) is 5.32 Å². The molecular weight excluding hydrogens is 284 g/mol. The van der Waals surface area contributed by atoms with Crippen LogP contribution >= 0.6 is 0 Å². The number of hydrogen-bond donors (Lipinski definition) is 1. The first-order valence-electron chi connectivity index (χ1n) is 7.98. The summed E-state index contributed by atoms with van der Waals surface area (Å²) >= 11 is 0. The van der Waals surface area contributed by atoms with E-state index in [9.17, 15) is 8.42 Å². The van der Waals surface area contributed by atoms with Crippen LogP contribution in [0.4, 0.5) is 5.69 Å². The number of anilines is 1. The molecule has 21 heavy (non-hydrogen) atoms. The second-order valence-electron chi connectivity index (χ2n) is 6.06. The zero-order chi connectivity index (χ0) is 14.7. The van der Waals surface area contributed by atoms with Gasteiger partial charge in [-0.25, -0.2) is 8.42 Å². The highest BCUT2D eigenvalue weighted by Gasteiger charge is 2.26. The van der Waals surface area contributed by atoms with Crippen LogP contribution in [0.3, 0.4) is 0 Å². The van der Waals surface area contributed by atoms with Crippen LogP contribution in [0, 0.1) is 0 Å². The minimum atomic E-state index is -3.18. The van der Waals surface area contributed by atoms with Gasteiger partial charge in [-0.15, -0.1) is 0 Å². The molecule has 1 aliphatic carbocycles. The minimum absolute atomic E-state index is 0.258. The molecule has 0 atom stereocenters. The fraction of sp³-hybridized carbons (Fsp3) is 0.625. The summed E-state index contributed by atoms with van der Waals surface area (Å²) in [4.78, 5) is 0. The highest BCUT2D eigenvalue weighted by Crippen LogP contribution is 2.29. The Balaban J connectivity index is 1.56. The lowest BCUT2D eigenvalue weighted by molar-refractivity contribution is 0.578. The maximum absolute atomic E-state index is 12.6. The van der Waals surface area contributed by atoms with E-state index in [0.717, 1.165) is 43.5 Å². The predicted octanol–water partition coefficient (Wildman–Crippen LogP) is 2.30. The van der Waals surface area contributed by atoms with E-state index < -0.39 is 10.0 Å². The maximum atomic E-state index is 12.6. The number of rotatable bonds is 7. The Morgan fingerprint density at radius 2 is 2.00 bits per heavy atom. The summed E-state index contributed by atoms with van der Waals surface area (Å²) in [6, 6.07) is 8.58. The lowest BCUT2D eigenvalue weighted by atomic mass is 10.0. The van der Waals surface area contributed by atoms with E-state index in [-0.39, 0.29) is 5.75 Å². The number of fused-ring (bicyclic) bond motifs is 1. The zero-order valence-electron chi connectivity index (χ0n) is 12.4. The number of sulfonamides is 1. The second-order valence-corrected chi connectivity index (χ2v) is 8.07. The lowest BCUT2D eigenvalue weighted by Gasteiger charge is -2.30. The van der Waals surface area contributed by atoms with E-state index >= 15 is 0 Å². The fourth-order valence-corrected chi connectivity index (χ4v) is 4.58. The monoisotopic (exact) mass is 308 g/mol. The number of nitrogens with one attached hydrogen (secondary N) is 1. The third kappa shape index (κ3) is 3.77. The molecule has 0 amide bonds. The highest BCUT2D eigenvalue weighted by molar-refractivity contribution is 7.92. The summed E-state index contributed by atoms with van der Waals surface area (Å²) in [5, 5.41) is 3.43. The van der Waals surface area contributed by atoms with Crippen LogP contribution in [0.1, 0.15) is 37.7 Å². The maximum Gasteiger partial charge on any atom is 0.235 e. The third-order valence-corrected chi connectivity index (χ3v) is 6.10. The quantitative estimate of drug-likeness (QED) is 0.786. The van der Waals surface area contributed by atoms with Gasteiger partial charge in [-0.05, 0) is 56.7 Å². The van der Waals surface area contributed by atoms with Crippen molar-refractivity contribution in [1.29, 1.82) is 0 Å². The molecule has 0 aromatic heterocycles. The Kier molecular flexibility index (Phi) is 4.50. The average molecular weight is 308 g/mol. The molecule has 116 valence electrons. The normalized spacial score (nSPS) is 18.6. The van der Waals surface area contributed by atoms with E-state index in [1.165, 1.54) is 12.8 Å².